The summed E-state index contributed by atoms with van der Waals surface area (Å²) in [4.78, 5) is 31.8. The lowest BCUT2D eigenvalue weighted by atomic mass is 9.99. The maximum Gasteiger partial charge on any atom is 0.255 e. The van der Waals surface area contributed by atoms with Crippen LogP contribution >= 0.6 is 11.3 Å². The lowest BCUT2D eigenvalue weighted by molar-refractivity contribution is -0.161. The Morgan fingerprint density at radius 1 is 1.23 bits per heavy atom. The number of aryl methyl sites for hydroxylation is 1. The molecule has 8 heteroatoms. The molecule has 2 amide bonds. The molecule has 3 aromatic rings. The number of hydrogen-bond donors (Lipinski definition) is 2. The molecule has 1 aliphatic rings. The molecule has 2 aromatic carbocycles. The van der Waals surface area contributed by atoms with Gasteiger partial charge in [-0.3, -0.25) is 9.59 Å². The van der Waals surface area contributed by atoms with Gasteiger partial charge in [0.15, 0.2) is 0 Å². The van der Waals surface area contributed by atoms with Crippen LogP contribution in [0.15, 0.2) is 60.1 Å². The first-order valence-corrected chi connectivity index (χ1v) is 10.8. The number of thiazole rings is 1. The molecular weight excluding hydrogens is 414 g/mol. The lowest BCUT2D eigenvalue weighted by Crippen LogP contribution is -2.52. The number of carbonyl (C=O) groups excluding carboxylic acids is 2. The Labute approximate surface area is 184 Å². The Kier molecular flexibility index (Phi) is 6.41. The molecule has 2 unspecified atom stereocenters. The van der Waals surface area contributed by atoms with Gasteiger partial charge in [0.05, 0.1) is 30.4 Å². The van der Waals surface area contributed by atoms with Crippen molar-refractivity contribution < 1.29 is 19.4 Å². The minimum Gasteiger partial charge on any atom is -0.394 e. The van der Waals surface area contributed by atoms with Crippen molar-refractivity contribution >= 4 is 28.8 Å². The van der Waals surface area contributed by atoms with Gasteiger partial charge >= 0.3 is 0 Å². The van der Waals surface area contributed by atoms with Crippen LogP contribution in [0, 0.1) is 6.92 Å². The van der Waals surface area contributed by atoms with Crippen LogP contribution < -0.4 is 5.32 Å². The summed E-state index contributed by atoms with van der Waals surface area (Å²) in [5, 5.41) is 12.9. The van der Waals surface area contributed by atoms with Gasteiger partial charge in [0.25, 0.3) is 5.91 Å². The number of amides is 2. The number of nitrogens with zero attached hydrogens (tertiary/aromatic N) is 2. The van der Waals surface area contributed by atoms with Crippen LogP contribution in [-0.2, 0) is 16.1 Å². The van der Waals surface area contributed by atoms with Gasteiger partial charge < -0.3 is 20.1 Å². The number of nitrogens with one attached hydrogen (secondary N) is 1. The van der Waals surface area contributed by atoms with Crippen molar-refractivity contribution in [2.24, 2.45) is 0 Å². The summed E-state index contributed by atoms with van der Waals surface area (Å²) >= 11 is 1.49. The van der Waals surface area contributed by atoms with Crippen LogP contribution in [0.3, 0.4) is 0 Å². The third-order valence-electron chi connectivity index (χ3n) is 5.34. The Balaban J connectivity index is 1.49. The summed E-state index contributed by atoms with van der Waals surface area (Å²) in [7, 11) is 0. The first-order valence-electron chi connectivity index (χ1n) is 9.94. The molecule has 0 radical (unpaired) electrons. The maximum absolute atomic E-state index is 12.5. The van der Waals surface area contributed by atoms with E-state index in [0.29, 0.717) is 17.8 Å². The monoisotopic (exact) mass is 437 g/mol. The largest absolute Gasteiger partial charge is 0.394 e. The zero-order valence-corrected chi connectivity index (χ0v) is 17.8. The average molecular weight is 438 g/mol. The molecule has 7 nitrogen and oxygen atoms in total. The highest BCUT2D eigenvalue weighted by atomic mass is 32.1. The van der Waals surface area contributed by atoms with E-state index in [-0.39, 0.29) is 25.0 Å². The van der Waals surface area contributed by atoms with Gasteiger partial charge in [-0.05, 0) is 36.8 Å². The van der Waals surface area contributed by atoms with Crippen molar-refractivity contribution in [3.8, 4) is 0 Å². The minimum atomic E-state index is -0.507. The fourth-order valence-corrected chi connectivity index (χ4v) is 4.38. The van der Waals surface area contributed by atoms with Gasteiger partial charge in [0.2, 0.25) is 5.91 Å². The summed E-state index contributed by atoms with van der Waals surface area (Å²) in [6, 6.07) is 15.8. The van der Waals surface area contributed by atoms with Crippen LogP contribution in [0.4, 0.5) is 5.69 Å². The smallest absolute Gasteiger partial charge is 0.255 e. The van der Waals surface area contributed by atoms with E-state index in [2.05, 4.69) is 10.3 Å². The summed E-state index contributed by atoms with van der Waals surface area (Å²) in [6.07, 6.45) is -0.463. The topological polar surface area (TPSA) is 91.8 Å². The normalized spacial score (nSPS) is 18.8. The second-order valence-corrected chi connectivity index (χ2v) is 8.25. The van der Waals surface area contributed by atoms with Crippen molar-refractivity contribution in [2.75, 3.05) is 18.5 Å². The fourth-order valence-electron chi connectivity index (χ4n) is 3.60. The standard InChI is InChI=1S/C23H23N3O4S/c1-15-20(31-14-24-15)11-26-19(12-27)22(30-13-21(26)28)16-7-9-18(10-8-16)25-23(29)17-5-3-2-4-6-17/h2-10,14,19,22,27H,11-13H2,1H3,(H,25,29). The van der Waals surface area contributed by atoms with E-state index in [0.717, 1.165) is 16.1 Å². The molecule has 0 saturated carbocycles. The highest BCUT2D eigenvalue weighted by Gasteiger charge is 2.37. The predicted octanol–water partition coefficient (Wildman–Crippen LogP) is 3.16. The number of carbonyl (C=O) groups is 2. The van der Waals surface area contributed by atoms with E-state index in [9.17, 15) is 14.7 Å². The number of ether oxygens (including phenoxy) is 1. The van der Waals surface area contributed by atoms with Crippen LogP contribution in [0.5, 0.6) is 0 Å². The average Bonchev–Trinajstić information content (AvgIpc) is 3.20. The molecule has 2 atom stereocenters. The number of aliphatic hydroxyl groups excluding tert-OH is 1. The predicted molar refractivity (Wildman–Crippen MR) is 118 cm³/mol. The first-order chi connectivity index (χ1) is 15.1. The molecule has 2 heterocycles. The van der Waals surface area contributed by atoms with Gasteiger partial charge in [-0.2, -0.15) is 0 Å². The van der Waals surface area contributed by atoms with E-state index in [1.165, 1.54) is 11.3 Å². The van der Waals surface area contributed by atoms with Crippen LogP contribution in [0.2, 0.25) is 0 Å². The summed E-state index contributed by atoms with van der Waals surface area (Å²) < 4.78 is 5.80. The van der Waals surface area contributed by atoms with E-state index in [1.807, 2.05) is 37.3 Å². The molecule has 31 heavy (non-hydrogen) atoms. The maximum atomic E-state index is 12.5. The Hall–Kier alpha value is -3.07. The highest BCUT2D eigenvalue weighted by Crippen LogP contribution is 2.31. The van der Waals surface area contributed by atoms with Crippen LogP contribution in [-0.4, -0.2) is 46.1 Å². The third-order valence-corrected chi connectivity index (χ3v) is 6.26. The molecule has 0 aliphatic carbocycles. The van der Waals surface area contributed by atoms with Gasteiger partial charge in [0.1, 0.15) is 12.7 Å². The molecule has 2 N–H and O–H groups in total. The summed E-state index contributed by atoms with van der Waals surface area (Å²) in [6.45, 7) is 2.03. The molecular formula is C23H23N3O4S. The van der Waals surface area contributed by atoms with Gasteiger partial charge in [-0.1, -0.05) is 30.3 Å². The van der Waals surface area contributed by atoms with Crippen LogP contribution in [0.25, 0.3) is 0 Å². The Morgan fingerprint density at radius 3 is 2.61 bits per heavy atom. The molecule has 160 valence electrons. The molecule has 1 aromatic heterocycles. The number of aromatic nitrogens is 1. The van der Waals surface area contributed by atoms with E-state index >= 15 is 0 Å². The second kappa shape index (κ2) is 9.38. The Bertz CT molecular complexity index is 1050. The van der Waals surface area contributed by atoms with Gasteiger partial charge in [0, 0.05) is 16.1 Å². The van der Waals surface area contributed by atoms with Crippen molar-refractivity contribution in [1.82, 2.24) is 9.88 Å². The quantitative estimate of drug-likeness (QED) is 0.618. The number of aliphatic hydroxyl groups is 1. The zero-order chi connectivity index (χ0) is 21.8. The Morgan fingerprint density at radius 2 is 1.97 bits per heavy atom. The SMILES string of the molecule is Cc1ncsc1CN1C(=O)COC(c2ccc(NC(=O)c3ccccc3)cc2)C1CO. The molecule has 1 fully saturated rings. The number of morpholine rings is 1. The van der Waals surface area contributed by atoms with E-state index < -0.39 is 12.1 Å². The second-order valence-electron chi connectivity index (χ2n) is 7.31. The molecule has 0 bridgehead atoms. The van der Waals surface area contributed by atoms with Crippen molar-refractivity contribution in [2.45, 2.75) is 25.6 Å². The van der Waals surface area contributed by atoms with Crippen molar-refractivity contribution in [3.63, 3.8) is 0 Å². The highest BCUT2D eigenvalue weighted by molar-refractivity contribution is 7.09. The van der Waals surface area contributed by atoms with Crippen molar-refractivity contribution in [3.05, 3.63) is 81.8 Å². The van der Waals surface area contributed by atoms with E-state index in [1.54, 1.807) is 34.7 Å². The molecule has 4 rings (SSSR count). The lowest BCUT2D eigenvalue weighted by Gasteiger charge is -2.40. The fraction of sp³-hybridized carbons (Fsp3) is 0.261. The third kappa shape index (κ3) is 4.66. The van der Waals surface area contributed by atoms with Gasteiger partial charge in [-0.15, -0.1) is 11.3 Å². The first kappa shape index (κ1) is 21.2. The number of anilines is 1. The van der Waals surface area contributed by atoms with E-state index in [4.69, 9.17) is 4.74 Å². The van der Waals surface area contributed by atoms with Gasteiger partial charge in [-0.25, -0.2) is 4.98 Å². The minimum absolute atomic E-state index is 0.0501. The number of hydrogen-bond acceptors (Lipinski definition) is 6. The van der Waals surface area contributed by atoms with Crippen molar-refractivity contribution in [1.29, 1.82) is 0 Å². The summed E-state index contributed by atoms with van der Waals surface area (Å²) in [5.41, 5.74) is 4.70. The zero-order valence-electron chi connectivity index (χ0n) is 17.0. The number of rotatable bonds is 6. The summed E-state index contributed by atoms with van der Waals surface area (Å²) in [5.74, 6) is -0.345. The molecule has 1 saturated heterocycles. The molecule has 1 aliphatic heterocycles. The number of benzene rings is 2. The molecule has 0 spiro atoms. The van der Waals surface area contributed by atoms with Crippen LogP contribution in [0.1, 0.15) is 32.6 Å².